The molecule has 2 aliphatic heterocycles. The van der Waals surface area contributed by atoms with Crippen molar-refractivity contribution in [3.63, 3.8) is 0 Å². The van der Waals surface area contributed by atoms with Crippen LogP contribution in [0.1, 0.15) is 42.8 Å². The number of nitrogens with one attached hydrogen (secondary N) is 1. The molecular formula is C17H25N3O3S. The molecular weight excluding hydrogens is 326 g/mol. The molecule has 132 valence electrons. The van der Waals surface area contributed by atoms with Crippen LogP contribution in [0.3, 0.4) is 0 Å². The van der Waals surface area contributed by atoms with Crippen molar-refractivity contribution in [2.24, 2.45) is 5.92 Å². The van der Waals surface area contributed by atoms with Crippen molar-refractivity contribution in [3.05, 3.63) is 16.1 Å². The number of rotatable bonds is 5. The van der Waals surface area contributed by atoms with E-state index in [-0.39, 0.29) is 17.7 Å². The highest BCUT2D eigenvalue weighted by atomic mass is 32.1. The van der Waals surface area contributed by atoms with Crippen LogP contribution >= 0.6 is 11.3 Å². The molecule has 1 aromatic rings. The van der Waals surface area contributed by atoms with Crippen molar-refractivity contribution in [2.45, 2.75) is 38.5 Å². The molecule has 3 heterocycles. The van der Waals surface area contributed by atoms with Gasteiger partial charge in [0.25, 0.3) is 0 Å². The maximum absolute atomic E-state index is 12.6. The van der Waals surface area contributed by atoms with Gasteiger partial charge in [-0.15, -0.1) is 11.3 Å². The highest BCUT2D eigenvalue weighted by Crippen LogP contribution is 2.30. The van der Waals surface area contributed by atoms with E-state index in [1.165, 1.54) is 6.92 Å². The summed E-state index contributed by atoms with van der Waals surface area (Å²) in [6.45, 7) is 5.05. The number of ether oxygens (including phenoxy) is 1. The van der Waals surface area contributed by atoms with Gasteiger partial charge in [0.05, 0.1) is 23.2 Å². The van der Waals surface area contributed by atoms with E-state index in [4.69, 9.17) is 9.72 Å². The molecule has 0 radical (unpaired) electrons. The van der Waals surface area contributed by atoms with Gasteiger partial charge in [0.2, 0.25) is 11.8 Å². The van der Waals surface area contributed by atoms with Crippen molar-refractivity contribution < 1.29 is 14.3 Å². The molecule has 2 amide bonds. The summed E-state index contributed by atoms with van der Waals surface area (Å²) in [5, 5.41) is 5.99. The van der Waals surface area contributed by atoms with E-state index in [1.54, 1.807) is 11.3 Å². The number of thiazole rings is 1. The van der Waals surface area contributed by atoms with Crippen LogP contribution in [0.4, 0.5) is 0 Å². The number of amides is 2. The molecule has 6 nitrogen and oxygen atoms in total. The maximum atomic E-state index is 12.6. The van der Waals surface area contributed by atoms with Gasteiger partial charge in [-0.25, -0.2) is 4.98 Å². The number of aromatic nitrogens is 1. The summed E-state index contributed by atoms with van der Waals surface area (Å²) in [4.78, 5) is 30.2. The first kappa shape index (κ1) is 17.4. The highest BCUT2D eigenvalue weighted by Gasteiger charge is 2.32. The zero-order valence-corrected chi connectivity index (χ0v) is 14.9. The number of likely N-dealkylation sites (tertiary alicyclic amines) is 1. The summed E-state index contributed by atoms with van der Waals surface area (Å²) in [5.74, 6) is 0.625. The Balaban J connectivity index is 1.55. The second-order valence-corrected chi connectivity index (χ2v) is 7.48. The molecule has 24 heavy (non-hydrogen) atoms. The average Bonchev–Trinajstić information content (AvgIpc) is 3.26. The zero-order valence-electron chi connectivity index (χ0n) is 14.1. The third kappa shape index (κ3) is 4.33. The molecule has 2 fully saturated rings. The van der Waals surface area contributed by atoms with Crippen LogP contribution in [0.5, 0.6) is 0 Å². The van der Waals surface area contributed by atoms with Crippen LogP contribution in [0.15, 0.2) is 5.38 Å². The summed E-state index contributed by atoms with van der Waals surface area (Å²) in [5.41, 5.74) is 1.02. The molecule has 0 aromatic carbocycles. The third-order valence-electron chi connectivity index (χ3n) is 4.69. The van der Waals surface area contributed by atoms with Gasteiger partial charge >= 0.3 is 0 Å². The van der Waals surface area contributed by atoms with E-state index in [0.717, 1.165) is 49.5 Å². The minimum absolute atomic E-state index is 0.0113. The molecule has 1 aromatic heterocycles. The molecule has 0 unspecified atom stereocenters. The van der Waals surface area contributed by atoms with Crippen LogP contribution in [0.2, 0.25) is 0 Å². The van der Waals surface area contributed by atoms with Gasteiger partial charge in [0.1, 0.15) is 0 Å². The molecule has 3 rings (SSSR count). The van der Waals surface area contributed by atoms with Gasteiger partial charge in [-0.05, 0) is 19.3 Å². The van der Waals surface area contributed by atoms with Gasteiger partial charge in [-0.1, -0.05) is 0 Å². The Morgan fingerprint density at radius 3 is 3.08 bits per heavy atom. The second-order valence-electron chi connectivity index (χ2n) is 6.59. The predicted molar refractivity (Wildman–Crippen MR) is 92.0 cm³/mol. The van der Waals surface area contributed by atoms with Crippen molar-refractivity contribution in [1.82, 2.24) is 15.2 Å². The minimum Gasteiger partial charge on any atom is -0.381 e. The molecule has 7 heteroatoms. The first-order chi connectivity index (χ1) is 11.6. The Bertz CT molecular complexity index is 583. The van der Waals surface area contributed by atoms with E-state index >= 15 is 0 Å². The Hall–Kier alpha value is -1.47. The molecule has 0 aliphatic carbocycles. The monoisotopic (exact) mass is 351 g/mol. The molecule has 2 saturated heterocycles. The van der Waals surface area contributed by atoms with E-state index in [0.29, 0.717) is 25.7 Å². The summed E-state index contributed by atoms with van der Waals surface area (Å²) in [7, 11) is 0. The number of carbonyl (C=O) groups is 2. The molecule has 0 bridgehead atoms. The van der Waals surface area contributed by atoms with Crippen molar-refractivity contribution >= 4 is 23.2 Å². The fourth-order valence-electron chi connectivity index (χ4n) is 3.36. The van der Waals surface area contributed by atoms with Crippen molar-refractivity contribution in [2.75, 3.05) is 32.8 Å². The standard InChI is InChI=1S/C17H25N3O3S/c1-12(21)18-6-4-15-11-24-16(19-15)13-3-2-7-20(9-13)17(22)14-5-8-23-10-14/h11,13-14H,2-10H2,1H3,(H,18,21)/t13-,14+/m0/s1. The van der Waals surface area contributed by atoms with Crippen LogP contribution in [0.25, 0.3) is 0 Å². The molecule has 0 saturated carbocycles. The Kier molecular flexibility index (Phi) is 5.84. The predicted octanol–water partition coefficient (Wildman–Crippen LogP) is 1.56. The molecule has 0 spiro atoms. The summed E-state index contributed by atoms with van der Waals surface area (Å²) < 4.78 is 5.35. The highest BCUT2D eigenvalue weighted by molar-refractivity contribution is 7.09. The SMILES string of the molecule is CC(=O)NCCc1csc([C@H]2CCCN(C(=O)[C@@H]3CCOC3)C2)n1. The number of hydrogen-bond acceptors (Lipinski definition) is 5. The Labute approximate surface area is 146 Å². The largest absolute Gasteiger partial charge is 0.381 e. The Morgan fingerprint density at radius 2 is 2.33 bits per heavy atom. The van der Waals surface area contributed by atoms with Crippen LogP contribution in [-0.2, 0) is 20.7 Å². The number of nitrogens with zero attached hydrogens (tertiary/aromatic N) is 2. The number of hydrogen-bond donors (Lipinski definition) is 1. The van der Waals surface area contributed by atoms with Gasteiger partial charge in [-0.2, -0.15) is 0 Å². The van der Waals surface area contributed by atoms with Crippen LogP contribution in [0, 0.1) is 5.92 Å². The average molecular weight is 351 g/mol. The van der Waals surface area contributed by atoms with Crippen molar-refractivity contribution in [1.29, 1.82) is 0 Å². The van der Waals surface area contributed by atoms with Crippen molar-refractivity contribution in [3.8, 4) is 0 Å². The summed E-state index contributed by atoms with van der Waals surface area (Å²) in [6.07, 6.45) is 3.73. The number of piperidine rings is 1. The topological polar surface area (TPSA) is 71.5 Å². The zero-order chi connectivity index (χ0) is 16.9. The maximum Gasteiger partial charge on any atom is 0.228 e. The summed E-state index contributed by atoms with van der Waals surface area (Å²) >= 11 is 1.67. The lowest BCUT2D eigenvalue weighted by Gasteiger charge is -2.33. The van der Waals surface area contributed by atoms with E-state index < -0.39 is 0 Å². The van der Waals surface area contributed by atoms with Crippen LogP contribution in [-0.4, -0.2) is 54.5 Å². The van der Waals surface area contributed by atoms with Gasteiger partial charge in [-0.3, -0.25) is 9.59 Å². The Morgan fingerprint density at radius 1 is 1.46 bits per heavy atom. The lowest BCUT2D eigenvalue weighted by molar-refractivity contribution is -0.136. The van der Waals surface area contributed by atoms with E-state index in [1.807, 2.05) is 4.90 Å². The van der Waals surface area contributed by atoms with Gasteiger partial charge in [0.15, 0.2) is 0 Å². The molecule has 1 N–H and O–H groups in total. The lowest BCUT2D eigenvalue weighted by Crippen LogP contribution is -2.42. The normalized spacial score (nSPS) is 24.1. The minimum atomic E-state index is -0.0113. The first-order valence-electron chi connectivity index (χ1n) is 8.68. The molecule has 2 aliphatic rings. The smallest absolute Gasteiger partial charge is 0.228 e. The quantitative estimate of drug-likeness (QED) is 0.874. The van der Waals surface area contributed by atoms with Gasteiger partial charge in [0, 0.05) is 50.9 Å². The van der Waals surface area contributed by atoms with Crippen LogP contribution < -0.4 is 5.32 Å². The van der Waals surface area contributed by atoms with Gasteiger partial charge < -0.3 is 15.0 Å². The fraction of sp³-hybridized carbons (Fsp3) is 0.706. The van der Waals surface area contributed by atoms with E-state index in [9.17, 15) is 9.59 Å². The second kappa shape index (κ2) is 8.07. The fourth-order valence-corrected chi connectivity index (χ4v) is 4.34. The summed E-state index contributed by atoms with van der Waals surface area (Å²) in [6, 6.07) is 0. The molecule has 2 atom stereocenters. The lowest BCUT2D eigenvalue weighted by atomic mass is 9.97. The number of carbonyl (C=O) groups excluding carboxylic acids is 2. The third-order valence-corrected chi connectivity index (χ3v) is 5.74. The first-order valence-corrected chi connectivity index (χ1v) is 9.56. The van der Waals surface area contributed by atoms with E-state index in [2.05, 4.69) is 10.7 Å².